The van der Waals surface area contributed by atoms with Crippen LogP contribution >= 0.6 is 0 Å². The first-order valence-corrected chi connectivity index (χ1v) is 10.9. The molecule has 7 nitrogen and oxygen atoms in total. The lowest BCUT2D eigenvalue weighted by atomic mass is 10.1. The Kier molecular flexibility index (Phi) is 5.88. The average Bonchev–Trinajstić information content (AvgIpc) is 3.30. The van der Waals surface area contributed by atoms with E-state index in [-0.39, 0.29) is 41.5 Å². The average molecular weight is 404 g/mol. The number of furan rings is 1. The summed E-state index contributed by atoms with van der Waals surface area (Å²) in [5.74, 6) is 0.00262. The van der Waals surface area contributed by atoms with Gasteiger partial charge in [-0.3, -0.25) is 9.59 Å². The Hall–Kier alpha value is -2.61. The van der Waals surface area contributed by atoms with E-state index in [0.29, 0.717) is 18.6 Å². The summed E-state index contributed by atoms with van der Waals surface area (Å²) in [5.41, 5.74) is 1.62. The van der Waals surface area contributed by atoms with Crippen molar-refractivity contribution in [3.8, 4) is 0 Å². The van der Waals surface area contributed by atoms with Gasteiger partial charge in [-0.05, 0) is 49.2 Å². The van der Waals surface area contributed by atoms with Crippen LogP contribution in [0.5, 0.6) is 0 Å². The summed E-state index contributed by atoms with van der Waals surface area (Å²) in [7, 11) is -3.60. The molecule has 1 aromatic heterocycles. The van der Waals surface area contributed by atoms with Crippen molar-refractivity contribution >= 4 is 27.3 Å². The summed E-state index contributed by atoms with van der Waals surface area (Å²) in [6.07, 6.45) is 2.40. The number of sulfone groups is 1. The number of fused-ring (bicyclic) bond motifs is 1. The maximum Gasteiger partial charge on any atom is 0.226 e. The van der Waals surface area contributed by atoms with Gasteiger partial charge >= 0.3 is 0 Å². The van der Waals surface area contributed by atoms with E-state index in [0.717, 1.165) is 11.3 Å². The summed E-state index contributed by atoms with van der Waals surface area (Å²) >= 11 is 0. The summed E-state index contributed by atoms with van der Waals surface area (Å²) in [6.45, 7) is 3.98. The van der Waals surface area contributed by atoms with Crippen LogP contribution in [0.2, 0.25) is 0 Å². The number of hydrogen-bond acceptors (Lipinski definition) is 5. The SMILES string of the molecule is CCC(=O)N1c2ccc(S(=O)(=O)CCC(=O)NCc3ccco3)cc2CC1C. The van der Waals surface area contributed by atoms with Crippen LogP contribution in [0.15, 0.2) is 45.9 Å². The van der Waals surface area contributed by atoms with Crippen LogP contribution in [-0.4, -0.2) is 32.0 Å². The van der Waals surface area contributed by atoms with Crippen LogP contribution in [0.25, 0.3) is 0 Å². The minimum Gasteiger partial charge on any atom is -0.467 e. The monoisotopic (exact) mass is 404 g/mol. The number of rotatable bonds is 7. The van der Waals surface area contributed by atoms with E-state index in [1.165, 1.54) is 12.3 Å². The third-order valence-corrected chi connectivity index (χ3v) is 6.55. The number of carbonyl (C=O) groups excluding carboxylic acids is 2. The number of nitrogens with zero attached hydrogens (tertiary/aromatic N) is 1. The third-order valence-electron chi connectivity index (χ3n) is 4.83. The first kappa shape index (κ1) is 20.1. The van der Waals surface area contributed by atoms with Gasteiger partial charge in [0, 0.05) is 24.6 Å². The van der Waals surface area contributed by atoms with E-state index in [2.05, 4.69) is 5.32 Å². The maximum absolute atomic E-state index is 12.6. The molecule has 8 heteroatoms. The normalized spacial score (nSPS) is 16.1. The fourth-order valence-corrected chi connectivity index (χ4v) is 4.67. The Balaban J connectivity index is 1.65. The first-order valence-electron chi connectivity index (χ1n) is 9.28. The van der Waals surface area contributed by atoms with E-state index in [1.807, 2.05) is 13.8 Å². The van der Waals surface area contributed by atoms with Crippen LogP contribution in [0.1, 0.15) is 38.0 Å². The van der Waals surface area contributed by atoms with Crippen molar-refractivity contribution in [2.75, 3.05) is 10.7 Å². The number of hydrogen-bond donors (Lipinski definition) is 1. The van der Waals surface area contributed by atoms with E-state index in [1.54, 1.807) is 29.2 Å². The molecule has 1 atom stereocenters. The maximum atomic E-state index is 12.6. The summed E-state index contributed by atoms with van der Waals surface area (Å²) in [4.78, 5) is 26.0. The molecule has 0 spiro atoms. The molecule has 0 aliphatic carbocycles. The predicted octanol–water partition coefficient (Wildman–Crippen LogP) is 2.45. The molecule has 0 radical (unpaired) electrons. The lowest BCUT2D eigenvalue weighted by Crippen LogP contribution is -2.35. The van der Waals surface area contributed by atoms with Gasteiger partial charge in [0.25, 0.3) is 0 Å². The van der Waals surface area contributed by atoms with Gasteiger partial charge < -0.3 is 14.6 Å². The van der Waals surface area contributed by atoms with Crippen LogP contribution in [0, 0.1) is 0 Å². The molecule has 0 bridgehead atoms. The van der Waals surface area contributed by atoms with E-state index >= 15 is 0 Å². The van der Waals surface area contributed by atoms with Crippen molar-refractivity contribution in [1.29, 1.82) is 0 Å². The van der Waals surface area contributed by atoms with Crippen molar-refractivity contribution in [3.05, 3.63) is 47.9 Å². The van der Waals surface area contributed by atoms with E-state index < -0.39 is 9.84 Å². The Morgan fingerprint density at radius 1 is 1.29 bits per heavy atom. The second-order valence-electron chi connectivity index (χ2n) is 6.89. The highest BCUT2D eigenvalue weighted by Gasteiger charge is 2.31. The van der Waals surface area contributed by atoms with Gasteiger partial charge in [0.05, 0.1) is 23.5 Å². The van der Waals surface area contributed by atoms with E-state index in [9.17, 15) is 18.0 Å². The van der Waals surface area contributed by atoms with Crippen molar-refractivity contribution in [3.63, 3.8) is 0 Å². The molecule has 3 rings (SSSR count). The highest BCUT2D eigenvalue weighted by molar-refractivity contribution is 7.91. The third kappa shape index (κ3) is 4.27. The Bertz CT molecular complexity index is 966. The Morgan fingerprint density at radius 2 is 2.07 bits per heavy atom. The van der Waals surface area contributed by atoms with Gasteiger partial charge in [0.2, 0.25) is 11.8 Å². The first-order chi connectivity index (χ1) is 13.3. The quantitative estimate of drug-likeness (QED) is 0.765. The summed E-state index contributed by atoms with van der Waals surface area (Å²) < 4.78 is 30.4. The van der Waals surface area contributed by atoms with Gasteiger partial charge in [-0.15, -0.1) is 0 Å². The molecule has 2 amide bonds. The predicted molar refractivity (Wildman–Crippen MR) is 105 cm³/mol. The molecule has 0 saturated carbocycles. The molecule has 1 aliphatic rings. The van der Waals surface area contributed by atoms with Crippen molar-refractivity contribution < 1.29 is 22.4 Å². The molecule has 0 saturated heterocycles. The largest absolute Gasteiger partial charge is 0.467 e. The van der Waals surface area contributed by atoms with Crippen LogP contribution in [-0.2, 0) is 32.4 Å². The lowest BCUT2D eigenvalue weighted by Gasteiger charge is -2.22. The van der Waals surface area contributed by atoms with Crippen molar-refractivity contribution in [1.82, 2.24) is 5.32 Å². The number of anilines is 1. The van der Waals surface area contributed by atoms with E-state index in [4.69, 9.17) is 4.42 Å². The van der Waals surface area contributed by atoms with Crippen LogP contribution in [0.4, 0.5) is 5.69 Å². The number of benzene rings is 1. The fourth-order valence-electron chi connectivity index (χ4n) is 3.38. The molecule has 0 fully saturated rings. The van der Waals surface area contributed by atoms with Gasteiger partial charge in [-0.25, -0.2) is 8.42 Å². The Labute approximate surface area is 164 Å². The lowest BCUT2D eigenvalue weighted by molar-refractivity contribution is -0.121. The van der Waals surface area contributed by atoms with Crippen molar-refractivity contribution in [2.45, 2.75) is 50.6 Å². The highest BCUT2D eigenvalue weighted by atomic mass is 32.2. The topological polar surface area (TPSA) is 96.7 Å². The second-order valence-corrected chi connectivity index (χ2v) is 9.00. The molecular formula is C20H24N2O5S. The summed E-state index contributed by atoms with van der Waals surface area (Å²) in [5, 5.41) is 2.64. The molecule has 28 heavy (non-hydrogen) atoms. The Morgan fingerprint density at radius 3 is 2.75 bits per heavy atom. The van der Waals surface area contributed by atoms with Gasteiger partial charge in [0.15, 0.2) is 9.84 Å². The molecule has 1 aromatic carbocycles. The minimum atomic E-state index is -3.60. The van der Waals surface area contributed by atoms with Crippen LogP contribution < -0.4 is 10.2 Å². The smallest absolute Gasteiger partial charge is 0.226 e. The number of amides is 2. The molecule has 150 valence electrons. The standard InChI is InChI=1S/C20H24N2O5S/c1-3-20(24)22-14(2)11-15-12-17(6-7-18(15)22)28(25,26)10-8-19(23)21-13-16-5-4-9-27-16/h4-7,9,12,14H,3,8,10-11,13H2,1-2H3,(H,21,23). The fraction of sp³-hybridized carbons (Fsp3) is 0.400. The number of nitrogens with one attached hydrogen (secondary N) is 1. The minimum absolute atomic E-state index is 0.00721. The van der Waals surface area contributed by atoms with Gasteiger partial charge in [-0.1, -0.05) is 6.92 Å². The van der Waals surface area contributed by atoms with Crippen LogP contribution in [0.3, 0.4) is 0 Å². The zero-order valence-corrected chi connectivity index (χ0v) is 16.8. The summed E-state index contributed by atoms with van der Waals surface area (Å²) in [6, 6.07) is 8.29. The molecule has 2 aromatic rings. The van der Waals surface area contributed by atoms with Gasteiger partial charge in [-0.2, -0.15) is 0 Å². The molecular weight excluding hydrogens is 380 g/mol. The van der Waals surface area contributed by atoms with Gasteiger partial charge in [0.1, 0.15) is 5.76 Å². The molecule has 1 aliphatic heterocycles. The highest BCUT2D eigenvalue weighted by Crippen LogP contribution is 2.34. The molecule has 1 N–H and O–H groups in total. The zero-order valence-electron chi connectivity index (χ0n) is 16.0. The molecule has 1 unspecified atom stereocenters. The second kappa shape index (κ2) is 8.18. The van der Waals surface area contributed by atoms with Crippen molar-refractivity contribution in [2.24, 2.45) is 0 Å². The zero-order chi connectivity index (χ0) is 20.3. The molecule has 2 heterocycles. The number of carbonyl (C=O) groups is 2.